The maximum Gasteiger partial charge on any atom is 0.0919 e. The van der Waals surface area contributed by atoms with Gasteiger partial charge in [-0.1, -0.05) is 12.7 Å². The maximum absolute atomic E-state index is 5.32. The summed E-state index contributed by atoms with van der Waals surface area (Å²) >= 11 is 0. The van der Waals surface area contributed by atoms with Crippen LogP contribution in [0, 0.1) is 0 Å². The van der Waals surface area contributed by atoms with Gasteiger partial charge in [0.25, 0.3) is 0 Å². The molecule has 0 atom stereocenters. The Morgan fingerprint density at radius 2 is 2.36 bits per heavy atom. The molecule has 0 aromatic rings. The second-order valence-corrected chi connectivity index (χ2v) is 2.18. The summed E-state index contributed by atoms with van der Waals surface area (Å²) < 4.78 is 0. The first-order valence-corrected chi connectivity index (χ1v) is 3.46. The summed E-state index contributed by atoms with van der Waals surface area (Å²) in [5.74, 6) is 0. The van der Waals surface area contributed by atoms with Gasteiger partial charge in [-0.15, -0.1) is 0 Å². The molecular formula is C8H15N3. The molecule has 0 radical (unpaired) electrons. The highest BCUT2D eigenvalue weighted by Gasteiger charge is 1.83. The van der Waals surface area contributed by atoms with E-state index in [1.54, 1.807) is 11.2 Å². The predicted molar refractivity (Wildman–Crippen MR) is 49.3 cm³/mol. The average Bonchev–Trinajstić information content (AvgIpc) is 2.01. The van der Waals surface area contributed by atoms with Crippen LogP contribution in [0.3, 0.4) is 0 Å². The van der Waals surface area contributed by atoms with Gasteiger partial charge in [-0.25, -0.2) is 4.99 Å². The molecule has 3 heteroatoms. The number of aliphatic imine (C=N–C) groups is 1. The van der Waals surface area contributed by atoms with Gasteiger partial charge >= 0.3 is 0 Å². The lowest BCUT2D eigenvalue weighted by molar-refractivity contribution is 0.536. The number of rotatable bonds is 4. The summed E-state index contributed by atoms with van der Waals surface area (Å²) in [7, 11) is 1.85. The van der Waals surface area contributed by atoms with Crippen LogP contribution in [-0.4, -0.2) is 25.0 Å². The zero-order valence-electron chi connectivity index (χ0n) is 7.12. The molecule has 0 spiro atoms. The third-order valence-electron chi connectivity index (χ3n) is 1.07. The molecular weight excluding hydrogens is 138 g/mol. The Balaban J connectivity index is 3.82. The molecule has 3 nitrogen and oxygen atoms in total. The van der Waals surface area contributed by atoms with Gasteiger partial charge in [0, 0.05) is 7.05 Å². The van der Waals surface area contributed by atoms with Crippen molar-refractivity contribution in [3.63, 3.8) is 0 Å². The summed E-state index contributed by atoms with van der Waals surface area (Å²) in [6.07, 6.45) is 5.38. The maximum atomic E-state index is 5.32. The molecule has 0 saturated heterocycles. The van der Waals surface area contributed by atoms with Crippen LogP contribution in [0.2, 0.25) is 0 Å². The average molecular weight is 153 g/mol. The molecule has 0 amide bonds. The highest BCUT2D eigenvalue weighted by molar-refractivity contribution is 5.56. The lowest BCUT2D eigenvalue weighted by Gasteiger charge is -2.07. The molecule has 0 aliphatic carbocycles. The quantitative estimate of drug-likeness (QED) is 0.283. The van der Waals surface area contributed by atoms with E-state index in [0.717, 1.165) is 5.70 Å². The van der Waals surface area contributed by atoms with Crippen molar-refractivity contribution in [2.45, 2.75) is 6.92 Å². The second-order valence-electron chi connectivity index (χ2n) is 2.18. The minimum Gasteiger partial charge on any atom is -0.353 e. The van der Waals surface area contributed by atoms with Gasteiger partial charge < -0.3 is 10.6 Å². The molecule has 11 heavy (non-hydrogen) atoms. The van der Waals surface area contributed by atoms with E-state index >= 15 is 0 Å². The largest absolute Gasteiger partial charge is 0.353 e. The Labute approximate surface area is 67.9 Å². The number of hydrogen-bond acceptors (Lipinski definition) is 2. The van der Waals surface area contributed by atoms with E-state index in [1.165, 1.54) is 0 Å². The summed E-state index contributed by atoms with van der Waals surface area (Å²) in [5.41, 5.74) is 6.05. The van der Waals surface area contributed by atoms with Gasteiger partial charge in [0.2, 0.25) is 0 Å². The third kappa shape index (κ3) is 5.36. The number of nitrogens with two attached hydrogens (primary N) is 1. The van der Waals surface area contributed by atoms with Crippen LogP contribution in [0.25, 0.3) is 0 Å². The van der Waals surface area contributed by atoms with Crippen molar-refractivity contribution >= 4 is 6.34 Å². The van der Waals surface area contributed by atoms with Crippen molar-refractivity contribution in [1.29, 1.82) is 0 Å². The molecule has 0 saturated carbocycles. The third-order valence-corrected chi connectivity index (χ3v) is 1.07. The number of allylic oxidation sites excluding steroid dienone is 2. The fourth-order valence-corrected chi connectivity index (χ4v) is 0.455. The van der Waals surface area contributed by atoms with Crippen LogP contribution in [0.15, 0.2) is 29.4 Å². The smallest absolute Gasteiger partial charge is 0.0919 e. The van der Waals surface area contributed by atoms with E-state index in [2.05, 4.69) is 11.6 Å². The Morgan fingerprint density at radius 3 is 2.82 bits per heavy atom. The van der Waals surface area contributed by atoms with Crippen LogP contribution in [0.4, 0.5) is 0 Å². The lowest BCUT2D eigenvalue weighted by Crippen LogP contribution is -2.23. The standard InChI is InChI=1S/C8H15N3/c1-4-5-8(2)10-7-11(3)6-9/h4-5,7H,2,6,9H2,1,3H3/b5-4-,10-7?. The number of hydrogen-bond donors (Lipinski definition) is 1. The second kappa shape index (κ2) is 5.68. The highest BCUT2D eigenvalue weighted by Crippen LogP contribution is 1.92. The van der Waals surface area contributed by atoms with E-state index in [9.17, 15) is 0 Å². The minimum atomic E-state index is 0.465. The Morgan fingerprint density at radius 1 is 1.73 bits per heavy atom. The summed E-state index contributed by atoms with van der Waals surface area (Å²) in [6, 6.07) is 0. The first kappa shape index (κ1) is 9.91. The molecule has 0 unspecified atom stereocenters. The molecule has 0 bridgehead atoms. The molecule has 0 aliphatic rings. The van der Waals surface area contributed by atoms with Crippen LogP contribution in [0.5, 0.6) is 0 Å². The fraction of sp³-hybridized carbons (Fsp3) is 0.375. The molecule has 0 aromatic carbocycles. The Hall–Kier alpha value is -1.09. The van der Waals surface area contributed by atoms with Gasteiger partial charge in [-0.3, -0.25) is 0 Å². The summed E-state index contributed by atoms with van der Waals surface area (Å²) in [6.45, 7) is 6.09. The van der Waals surface area contributed by atoms with Gasteiger partial charge in [0.05, 0.1) is 18.7 Å². The first-order valence-electron chi connectivity index (χ1n) is 3.46. The van der Waals surface area contributed by atoms with Crippen molar-refractivity contribution in [2.24, 2.45) is 10.7 Å². The van der Waals surface area contributed by atoms with E-state index in [0.29, 0.717) is 6.67 Å². The van der Waals surface area contributed by atoms with E-state index in [4.69, 9.17) is 5.73 Å². The zero-order valence-corrected chi connectivity index (χ0v) is 7.12. The van der Waals surface area contributed by atoms with Crippen LogP contribution in [-0.2, 0) is 0 Å². The van der Waals surface area contributed by atoms with Crippen LogP contribution >= 0.6 is 0 Å². The Bertz CT molecular complexity index is 170. The van der Waals surface area contributed by atoms with Gasteiger partial charge in [-0.05, 0) is 13.0 Å². The monoisotopic (exact) mass is 153 g/mol. The van der Waals surface area contributed by atoms with Crippen molar-refractivity contribution in [3.8, 4) is 0 Å². The van der Waals surface area contributed by atoms with Crippen LogP contribution < -0.4 is 5.73 Å². The molecule has 0 aromatic heterocycles. The van der Waals surface area contributed by atoms with Crippen molar-refractivity contribution in [1.82, 2.24) is 4.90 Å². The molecule has 0 rings (SSSR count). The van der Waals surface area contributed by atoms with Crippen molar-refractivity contribution < 1.29 is 0 Å². The topological polar surface area (TPSA) is 41.6 Å². The molecule has 62 valence electrons. The SMILES string of the molecule is C=C(/C=C\C)N=CN(C)CN. The van der Waals surface area contributed by atoms with Gasteiger partial charge in [-0.2, -0.15) is 0 Å². The first-order chi connectivity index (χ1) is 5.20. The molecule has 0 heterocycles. The minimum absolute atomic E-state index is 0.465. The lowest BCUT2D eigenvalue weighted by atomic mass is 10.4. The van der Waals surface area contributed by atoms with E-state index in [1.807, 2.05) is 26.1 Å². The summed E-state index contributed by atoms with van der Waals surface area (Å²) in [5, 5.41) is 0. The predicted octanol–water partition coefficient (Wildman–Crippen LogP) is 0.952. The van der Waals surface area contributed by atoms with Gasteiger partial charge in [0.1, 0.15) is 0 Å². The molecule has 0 aliphatic heterocycles. The number of nitrogens with zero attached hydrogens (tertiary/aromatic N) is 2. The zero-order chi connectivity index (χ0) is 8.69. The Kier molecular flexibility index (Phi) is 5.11. The highest BCUT2D eigenvalue weighted by atomic mass is 15.2. The molecule has 0 fully saturated rings. The van der Waals surface area contributed by atoms with Gasteiger partial charge in [0.15, 0.2) is 0 Å². The van der Waals surface area contributed by atoms with Crippen molar-refractivity contribution in [3.05, 3.63) is 24.4 Å². The van der Waals surface area contributed by atoms with E-state index < -0.39 is 0 Å². The summed E-state index contributed by atoms with van der Waals surface area (Å²) in [4.78, 5) is 5.80. The van der Waals surface area contributed by atoms with Crippen LogP contribution in [0.1, 0.15) is 6.92 Å². The molecule has 2 N–H and O–H groups in total. The normalized spacial score (nSPS) is 11.2. The van der Waals surface area contributed by atoms with Crippen molar-refractivity contribution in [2.75, 3.05) is 13.7 Å². The van der Waals surface area contributed by atoms with E-state index in [-0.39, 0.29) is 0 Å². The fourth-order valence-electron chi connectivity index (χ4n) is 0.455.